The van der Waals surface area contributed by atoms with Crippen molar-refractivity contribution >= 4 is 33.2 Å². The zero-order chi connectivity index (χ0) is 16.2. The maximum absolute atomic E-state index is 12.6. The maximum atomic E-state index is 12.6. The minimum absolute atomic E-state index is 0.0410. The summed E-state index contributed by atoms with van der Waals surface area (Å²) in [5.74, 6) is -0.370. The molecule has 118 valence electrons. The summed E-state index contributed by atoms with van der Waals surface area (Å²) in [5.41, 5.74) is 6.50. The van der Waals surface area contributed by atoms with Gasteiger partial charge in [0.05, 0.1) is 22.2 Å². The number of nitrogens with one attached hydrogen (secondary N) is 1. The first-order valence-electron chi connectivity index (χ1n) is 6.50. The number of amides is 1. The van der Waals surface area contributed by atoms with E-state index in [0.717, 1.165) is 4.31 Å². The van der Waals surface area contributed by atoms with Crippen molar-refractivity contribution in [1.29, 1.82) is 0 Å². The smallest absolute Gasteiger partial charge is 0.243 e. The summed E-state index contributed by atoms with van der Waals surface area (Å²) in [5, 5.41) is 2.75. The second-order valence-electron chi connectivity index (χ2n) is 4.66. The summed E-state index contributed by atoms with van der Waals surface area (Å²) in [6.07, 6.45) is 0.596. The van der Waals surface area contributed by atoms with E-state index in [4.69, 9.17) is 17.3 Å². The molecule has 1 amide bonds. The van der Waals surface area contributed by atoms with Crippen molar-refractivity contribution in [2.75, 3.05) is 25.9 Å². The van der Waals surface area contributed by atoms with Crippen LogP contribution in [0.25, 0.3) is 0 Å². The molecule has 21 heavy (non-hydrogen) atoms. The van der Waals surface area contributed by atoms with E-state index in [1.165, 1.54) is 19.2 Å². The number of sulfonamides is 1. The Balaban J connectivity index is 3.25. The number of nitrogens with two attached hydrogens (primary N) is 1. The Labute approximate surface area is 130 Å². The topological polar surface area (TPSA) is 92.5 Å². The van der Waals surface area contributed by atoms with Crippen molar-refractivity contribution < 1.29 is 13.2 Å². The van der Waals surface area contributed by atoms with Gasteiger partial charge in [0, 0.05) is 13.6 Å². The van der Waals surface area contributed by atoms with Crippen molar-refractivity contribution in [2.45, 2.75) is 25.2 Å². The van der Waals surface area contributed by atoms with Crippen LogP contribution in [0.3, 0.4) is 0 Å². The average molecular weight is 334 g/mol. The molecule has 0 atom stereocenters. The molecule has 1 aromatic carbocycles. The van der Waals surface area contributed by atoms with Crippen LogP contribution >= 0.6 is 11.6 Å². The second kappa shape index (κ2) is 7.11. The molecule has 6 nitrogen and oxygen atoms in total. The molecule has 0 aromatic heterocycles. The monoisotopic (exact) mass is 333 g/mol. The van der Waals surface area contributed by atoms with E-state index in [0.29, 0.717) is 17.0 Å². The summed E-state index contributed by atoms with van der Waals surface area (Å²) < 4.78 is 26.4. The average Bonchev–Trinajstić information content (AvgIpc) is 2.43. The van der Waals surface area contributed by atoms with E-state index in [2.05, 4.69) is 5.32 Å². The van der Waals surface area contributed by atoms with Gasteiger partial charge in [0.2, 0.25) is 15.9 Å². The van der Waals surface area contributed by atoms with Crippen LogP contribution in [0.4, 0.5) is 5.69 Å². The maximum Gasteiger partial charge on any atom is 0.243 e. The molecule has 0 aliphatic carbocycles. The van der Waals surface area contributed by atoms with Gasteiger partial charge in [-0.2, -0.15) is 4.31 Å². The predicted molar refractivity (Wildman–Crippen MR) is 83.7 cm³/mol. The molecule has 0 spiro atoms. The molecular formula is C13H20ClN3O3S. The fraction of sp³-hybridized carbons (Fsp3) is 0.462. The van der Waals surface area contributed by atoms with Gasteiger partial charge in [-0.1, -0.05) is 18.5 Å². The number of nitrogens with zero attached hydrogens (tertiary/aromatic N) is 1. The molecule has 0 heterocycles. The standard InChI is InChI=1S/C13H20ClN3O3S/c1-4-5-17(8-12(18)16-3)21(19,20)10-6-9(2)13(14)11(15)7-10/h6-7H,4-5,8,15H2,1-3H3,(H,16,18). The minimum Gasteiger partial charge on any atom is -0.397 e. The summed E-state index contributed by atoms with van der Waals surface area (Å²) >= 11 is 5.95. The summed E-state index contributed by atoms with van der Waals surface area (Å²) in [6.45, 7) is 3.54. The zero-order valence-corrected chi connectivity index (χ0v) is 13.9. The molecule has 0 saturated carbocycles. The quantitative estimate of drug-likeness (QED) is 0.769. The van der Waals surface area contributed by atoms with Crippen LogP contribution in [-0.4, -0.2) is 38.8 Å². The molecule has 0 unspecified atom stereocenters. The first-order valence-corrected chi connectivity index (χ1v) is 8.32. The van der Waals surface area contributed by atoms with E-state index in [9.17, 15) is 13.2 Å². The second-order valence-corrected chi connectivity index (χ2v) is 6.97. The third kappa shape index (κ3) is 4.09. The molecular weight excluding hydrogens is 314 g/mol. The van der Waals surface area contributed by atoms with Gasteiger partial charge >= 0.3 is 0 Å². The molecule has 3 N–H and O–H groups in total. The SMILES string of the molecule is CCCN(CC(=O)NC)S(=O)(=O)c1cc(C)c(Cl)c(N)c1. The summed E-state index contributed by atoms with van der Waals surface area (Å²) in [6, 6.07) is 2.78. The number of anilines is 1. The predicted octanol–water partition coefficient (Wildman–Crippen LogP) is 1.38. The highest BCUT2D eigenvalue weighted by Crippen LogP contribution is 2.28. The number of likely N-dealkylation sites (N-methyl/N-ethyl adjacent to an activating group) is 1. The molecule has 0 saturated heterocycles. The van der Waals surface area contributed by atoms with Crippen molar-refractivity contribution in [3.05, 3.63) is 22.7 Å². The van der Waals surface area contributed by atoms with E-state index < -0.39 is 10.0 Å². The largest absolute Gasteiger partial charge is 0.397 e. The third-order valence-corrected chi connectivity index (χ3v) is 5.31. The lowest BCUT2D eigenvalue weighted by molar-refractivity contribution is -0.120. The van der Waals surface area contributed by atoms with Crippen LogP contribution in [0.15, 0.2) is 17.0 Å². The number of rotatable bonds is 6. The number of nitrogen functional groups attached to an aromatic ring is 1. The molecule has 0 bridgehead atoms. The van der Waals surface area contributed by atoms with E-state index in [-0.39, 0.29) is 29.6 Å². The van der Waals surface area contributed by atoms with E-state index >= 15 is 0 Å². The first kappa shape index (κ1) is 17.7. The number of carbonyl (C=O) groups excluding carboxylic acids is 1. The van der Waals surface area contributed by atoms with Gasteiger partial charge in [-0.25, -0.2) is 8.42 Å². The molecule has 0 aliphatic heterocycles. The Morgan fingerprint density at radius 2 is 2.05 bits per heavy atom. The molecule has 0 fully saturated rings. The van der Waals surface area contributed by atoms with Crippen LogP contribution in [0.2, 0.25) is 5.02 Å². The zero-order valence-electron chi connectivity index (χ0n) is 12.3. The highest BCUT2D eigenvalue weighted by Gasteiger charge is 2.26. The Morgan fingerprint density at radius 1 is 1.43 bits per heavy atom. The fourth-order valence-corrected chi connectivity index (χ4v) is 3.55. The van der Waals surface area contributed by atoms with Gasteiger partial charge in [-0.3, -0.25) is 4.79 Å². The number of benzene rings is 1. The van der Waals surface area contributed by atoms with E-state index in [1.807, 2.05) is 6.92 Å². The Bertz CT molecular complexity index is 609. The Kier molecular flexibility index (Phi) is 6.00. The molecule has 0 aliphatic rings. The number of hydrogen-bond donors (Lipinski definition) is 2. The van der Waals surface area contributed by atoms with Crippen molar-refractivity contribution in [3.8, 4) is 0 Å². The lowest BCUT2D eigenvalue weighted by Gasteiger charge is -2.21. The summed E-state index contributed by atoms with van der Waals surface area (Å²) in [7, 11) is -2.33. The number of carbonyl (C=O) groups is 1. The molecule has 1 rings (SSSR count). The van der Waals surface area contributed by atoms with Crippen molar-refractivity contribution in [1.82, 2.24) is 9.62 Å². The summed E-state index contributed by atoms with van der Waals surface area (Å²) in [4.78, 5) is 11.5. The minimum atomic E-state index is -3.80. The van der Waals surface area contributed by atoms with Gasteiger partial charge in [0.25, 0.3) is 0 Å². The van der Waals surface area contributed by atoms with Gasteiger partial charge in [-0.05, 0) is 31.0 Å². The van der Waals surface area contributed by atoms with Crippen LogP contribution in [-0.2, 0) is 14.8 Å². The lowest BCUT2D eigenvalue weighted by Crippen LogP contribution is -2.40. The van der Waals surface area contributed by atoms with Crippen molar-refractivity contribution in [3.63, 3.8) is 0 Å². The Hall–Kier alpha value is -1.31. The van der Waals surface area contributed by atoms with E-state index in [1.54, 1.807) is 6.92 Å². The number of hydrogen-bond acceptors (Lipinski definition) is 4. The third-order valence-electron chi connectivity index (χ3n) is 2.97. The number of halogens is 1. The van der Waals surface area contributed by atoms with Crippen LogP contribution < -0.4 is 11.1 Å². The Morgan fingerprint density at radius 3 is 2.52 bits per heavy atom. The van der Waals surface area contributed by atoms with Crippen molar-refractivity contribution in [2.24, 2.45) is 0 Å². The lowest BCUT2D eigenvalue weighted by atomic mass is 10.2. The van der Waals surface area contributed by atoms with Gasteiger partial charge in [-0.15, -0.1) is 0 Å². The highest BCUT2D eigenvalue weighted by atomic mass is 35.5. The fourth-order valence-electron chi connectivity index (χ4n) is 1.83. The molecule has 8 heteroatoms. The normalized spacial score (nSPS) is 11.7. The van der Waals surface area contributed by atoms with Gasteiger partial charge < -0.3 is 11.1 Å². The highest BCUT2D eigenvalue weighted by molar-refractivity contribution is 7.89. The molecule has 0 radical (unpaired) electrons. The first-order chi connectivity index (χ1) is 9.73. The van der Waals surface area contributed by atoms with Crippen LogP contribution in [0.5, 0.6) is 0 Å². The molecule has 1 aromatic rings. The van der Waals surface area contributed by atoms with Gasteiger partial charge in [0.15, 0.2) is 0 Å². The van der Waals surface area contributed by atoms with Crippen LogP contribution in [0.1, 0.15) is 18.9 Å². The van der Waals surface area contributed by atoms with Gasteiger partial charge in [0.1, 0.15) is 0 Å². The number of aryl methyl sites for hydroxylation is 1. The van der Waals surface area contributed by atoms with Crippen LogP contribution in [0, 0.1) is 6.92 Å².